The van der Waals surface area contributed by atoms with Gasteiger partial charge in [0.05, 0.1) is 5.84 Å². The van der Waals surface area contributed by atoms with Crippen molar-refractivity contribution in [2.75, 3.05) is 24.6 Å². The SMILES string of the molecule is CC(N)=NCCCCCCCCCCN=C(N)NC(=O)c1nc(Cl)c(N)nc1N.Cl.Cl. The molecule has 1 aromatic rings. The molecule has 9 N–H and O–H groups in total. The van der Waals surface area contributed by atoms with E-state index in [2.05, 4.69) is 25.3 Å². The number of anilines is 2. The lowest BCUT2D eigenvalue weighted by Crippen LogP contribution is -2.38. The molecule has 0 unspecified atom stereocenters. The highest BCUT2D eigenvalue weighted by molar-refractivity contribution is 6.31. The van der Waals surface area contributed by atoms with Crippen molar-refractivity contribution in [2.45, 2.75) is 58.3 Å². The van der Waals surface area contributed by atoms with Gasteiger partial charge in [-0.05, 0) is 19.8 Å². The number of nitrogen functional groups attached to an aromatic ring is 2. The highest BCUT2D eigenvalue weighted by Gasteiger charge is 2.16. The van der Waals surface area contributed by atoms with Gasteiger partial charge >= 0.3 is 0 Å². The molecule has 1 aromatic heterocycles. The zero-order chi connectivity index (χ0) is 21.6. The normalized spacial score (nSPS) is 11.4. The van der Waals surface area contributed by atoms with Gasteiger partial charge in [0.1, 0.15) is 0 Å². The Morgan fingerprint density at radius 1 is 0.871 bits per heavy atom. The van der Waals surface area contributed by atoms with E-state index in [1.807, 2.05) is 6.92 Å². The van der Waals surface area contributed by atoms with Gasteiger partial charge in [-0.3, -0.25) is 20.1 Å². The summed E-state index contributed by atoms with van der Waals surface area (Å²) in [5, 5.41) is 2.32. The monoisotopic (exact) mass is 497 g/mol. The summed E-state index contributed by atoms with van der Waals surface area (Å²) in [5.41, 5.74) is 22.2. The zero-order valence-electron chi connectivity index (χ0n) is 17.8. The number of carbonyl (C=O) groups excluding carboxylic acids is 1. The molecule has 0 aliphatic rings. The second-order valence-electron chi connectivity index (χ2n) is 6.71. The third-order valence-corrected chi connectivity index (χ3v) is 4.35. The first kappa shape index (κ1) is 31.1. The lowest BCUT2D eigenvalue weighted by Gasteiger charge is -2.07. The minimum absolute atomic E-state index is 0. The molecule has 0 saturated heterocycles. The van der Waals surface area contributed by atoms with E-state index < -0.39 is 5.91 Å². The maximum Gasteiger partial charge on any atom is 0.280 e. The van der Waals surface area contributed by atoms with Crippen molar-refractivity contribution < 1.29 is 4.79 Å². The van der Waals surface area contributed by atoms with Crippen LogP contribution in [-0.4, -0.2) is 40.8 Å². The average Bonchev–Trinajstić information content (AvgIpc) is 2.65. The molecule has 0 spiro atoms. The fourth-order valence-electron chi connectivity index (χ4n) is 2.56. The van der Waals surface area contributed by atoms with Gasteiger partial charge < -0.3 is 22.9 Å². The van der Waals surface area contributed by atoms with Crippen molar-refractivity contribution in [1.29, 1.82) is 0 Å². The number of aromatic nitrogens is 2. The summed E-state index contributed by atoms with van der Waals surface area (Å²) in [7, 11) is 0. The largest absolute Gasteiger partial charge is 0.388 e. The topological polar surface area (TPSA) is 184 Å². The second-order valence-corrected chi connectivity index (χ2v) is 7.06. The Hall–Kier alpha value is -2.04. The van der Waals surface area contributed by atoms with Crippen LogP contribution in [0.3, 0.4) is 0 Å². The van der Waals surface area contributed by atoms with E-state index in [0.29, 0.717) is 12.4 Å². The number of guanidine groups is 1. The predicted octanol–water partition coefficient (Wildman–Crippen LogP) is 2.68. The third-order valence-electron chi connectivity index (χ3n) is 4.07. The second kappa shape index (κ2) is 17.6. The third kappa shape index (κ3) is 13.8. The molecule has 1 amide bonds. The highest BCUT2D eigenvalue weighted by Crippen LogP contribution is 2.17. The minimum atomic E-state index is -0.634. The quantitative estimate of drug-likeness (QED) is 0.166. The molecule has 178 valence electrons. The molecule has 0 atom stereocenters. The molecule has 31 heavy (non-hydrogen) atoms. The first-order valence-electron chi connectivity index (χ1n) is 9.77. The average molecular weight is 499 g/mol. The fraction of sp³-hybridized carbons (Fsp3) is 0.611. The van der Waals surface area contributed by atoms with E-state index in [-0.39, 0.29) is 53.3 Å². The number of carbonyl (C=O) groups is 1. The number of hydrogen-bond acceptors (Lipinski definition) is 7. The summed E-state index contributed by atoms with van der Waals surface area (Å²) in [6.45, 7) is 3.17. The van der Waals surface area contributed by atoms with Crippen molar-refractivity contribution >= 4 is 65.8 Å². The smallest absolute Gasteiger partial charge is 0.280 e. The van der Waals surface area contributed by atoms with E-state index >= 15 is 0 Å². The van der Waals surface area contributed by atoms with Crippen molar-refractivity contribution in [3.05, 3.63) is 10.8 Å². The molecule has 0 aromatic carbocycles. The van der Waals surface area contributed by atoms with Crippen LogP contribution in [0.15, 0.2) is 9.98 Å². The van der Waals surface area contributed by atoms with Gasteiger partial charge in [-0.2, -0.15) is 0 Å². The summed E-state index contributed by atoms with van der Waals surface area (Å²) >= 11 is 5.76. The molecule has 1 heterocycles. The predicted molar refractivity (Wildman–Crippen MR) is 133 cm³/mol. The molecule has 0 fully saturated rings. The summed E-state index contributed by atoms with van der Waals surface area (Å²) in [6.07, 6.45) is 9.03. The molecule has 0 saturated carbocycles. The minimum Gasteiger partial charge on any atom is -0.388 e. The molecule has 0 aliphatic heterocycles. The van der Waals surface area contributed by atoms with Crippen molar-refractivity contribution in [3.63, 3.8) is 0 Å². The summed E-state index contributed by atoms with van der Waals surface area (Å²) in [6, 6.07) is 0. The Bertz CT molecular complexity index is 725. The fourth-order valence-corrected chi connectivity index (χ4v) is 2.69. The molecular weight excluding hydrogens is 465 g/mol. The number of halogens is 3. The maximum atomic E-state index is 12.1. The lowest BCUT2D eigenvalue weighted by atomic mass is 10.1. The highest BCUT2D eigenvalue weighted by atomic mass is 35.5. The number of rotatable bonds is 12. The Balaban J connectivity index is 0. The molecule has 13 heteroatoms. The van der Waals surface area contributed by atoms with Gasteiger partial charge in [-0.15, -0.1) is 24.8 Å². The number of unbranched alkanes of at least 4 members (excludes halogenated alkanes) is 7. The zero-order valence-corrected chi connectivity index (χ0v) is 20.2. The van der Waals surface area contributed by atoms with Crippen molar-refractivity contribution in [2.24, 2.45) is 21.5 Å². The van der Waals surface area contributed by atoms with Crippen LogP contribution in [-0.2, 0) is 0 Å². The van der Waals surface area contributed by atoms with E-state index in [1.165, 1.54) is 25.7 Å². The Labute approximate surface area is 200 Å². The van der Waals surface area contributed by atoms with Gasteiger partial charge in [-0.1, -0.05) is 50.1 Å². The van der Waals surface area contributed by atoms with Crippen molar-refractivity contribution in [3.8, 4) is 0 Å². The summed E-state index contributed by atoms with van der Waals surface area (Å²) in [5.74, 6) is -0.150. The van der Waals surface area contributed by atoms with Crippen LogP contribution in [0.25, 0.3) is 0 Å². The van der Waals surface area contributed by atoms with Gasteiger partial charge in [0.15, 0.2) is 28.4 Å². The molecule has 0 radical (unpaired) electrons. The number of hydrogen-bond donors (Lipinski definition) is 5. The van der Waals surface area contributed by atoms with Crippen LogP contribution in [0.1, 0.15) is 68.8 Å². The van der Waals surface area contributed by atoms with Crippen LogP contribution < -0.4 is 28.3 Å². The Morgan fingerprint density at radius 2 is 1.35 bits per heavy atom. The Morgan fingerprint density at radius 3 is 1.87 bits per heavy atom. The first-order chi connectivity index (χ1) is 13.8. The van der Waals surface area contributed by atoms with E-state index in [0.717, 1.165) is 32.2 Å². The lowest BCUT2D eigenvalue weighted by molar-refractivity contribution is 0.0972. The standard InChI is InChI=1S/C18H32ClN9O.2ClH/c1-12(20)24-10-8-6-4-2-3-5-7-9-11-25-18(23)28-17(29)13-15(21)27-16(22)14(19)26-13;;/h2-11H2,1H3,(H2,20,24)(H4,21,22,27)(H3,23,25,28,29);2*1H. The van der Waals surface area contributed by atoms with Crippen LogP contribution in [0.2, 0.25) is 5.15 Å². The van der Waals surface area contributed by atoms with Crippen molar-refractivity contribution in [1.82, 2.24) is 15.3 Å². The van der Waals surface area contributed by atoms with Gasteiger partial charge in [-0.25, -0.2) is 9.97 Å². The molecule has 1 rings (SSSR count). The molecule has 10 nitrogen and oxygen atoms in total. The molecule has 0 aliphatic carbocycles. The van der Waals surface area contributed by atoms with Crippen LogP contribution >= 0.6 is 36.4 Å². The number of nitrogens with one attached hydrogen (secondary N) is 1. The Kier molecular flexibility index (Phi) is 17.7. The van der Waals surface area contributed by atoms with E-state index in [4.69, 9.17) is 34.5 Å². The van der Waals surface area contributed by atoms with E-state index in [9.17, 15) is 4.79 Å². The van der Waals surface area contributed by atoms with Crippen LogP contribution in [0.5, 0.6) is 0 Å². The summed E-state index contributed by atoms with van der Waals surface area (Å²) < 4.78 is 0. The molecular formula is C18H34Cl3N9O. The van der Waals surface area contributed by atoms with Gasteiger partial charge in [0.2, 0.25) is 0 Å². The van der Waals surface area contributed by atoms with Gasteiger partial charge in [0.25, 0.3) is 5.91 Å². The summed E-state index contributed by atoms with van der Waals surface area (Å²) in [4.78, 5) is 28.0. The maximum absolute atomic E-state index is 12.1. The number of aliphatic imine (C=N–C) groups is 2. The number of amidine groups is 1. The van der Waals surface area contributed by atoms with E-state index in [1.54, 1.807) is 0 Å². The number of amides is 1. The van der Waals surface area contributed by atoms with Crippen LogP contribution in [0.4, 0.5) is 11.6 Å². The number of nitrogens with two attached hydrogens (primary N) is 4. The van der Waals surface area contributed by atoms with Crippen LogP contribution in [0, 0.1) is 0 Å². The number of nitrogens with zero attached hydrogens (tertiary/aromatic N) is 4. The van der Waals surface area contributed by atoms with Gasteiger partial charge in [0, 0.05) is 13.1 Å². The molecule has 0 bridgehead atoms. The first-order valence-corrected chi connectivity index (χ1v) is 10.1.